The van der Waals surface area contributed by atoms with E-state index in [4.69, 9.17) is 4.74 Å². The molecular formula is C20H26N2O3. The second-order valence-electron chi connectivity index (χ2n) is 8.39. The predicted octanol–water partition coefficient (Wildman–Crippen LogP) is 2.96. The summed E-state index contributed by atoms with van der Waals surface area (Å²) in [5.41, 5.74) is 0.627. The Kier molecular flexibility index (Phi) is 4.26. The van der Waals surface area contributed by atoms with E-state index in [1.165, 1.54) is 44.7 Å². The number of nitrogens with one attached hydrogen (secondary N) is 1. The van der Waals surface area contributed by atoms with Gasteiger partial charge in [-0.3, -0.25) is 9.78 Å². The van der Waals surface area contributed by atoms with E-state index in [0.717, 1.165) is 17.8 Å². The fourth-order valence-electron chi connectivity index (χ4n) is 5.84. The van der Waals surface area contributed by atoms with Crippen molar-refractivity contribution in [2.45, 2.75) is 51.5 Å². The predicted molar refractivity (Wildman–Crippen MR) is 92.7 cm³/mol. The van der Waals surface area contributed by atoms with Crippen molar-refractivity contribution in [1.29, 1.82) is 0 Å². The smallest absolute Gasteiger partial charge is 0.340 e. The van der Waals surface area contributed by atoms with Crippen molar-refractivity contribution in [2.75, 3.05) is 6.61 Å². The molecule has 4 aliphatic rings. The van der Waals surface area contributed by atoms with E-state index in [-0.39, 0.29) is 24.0 Å². The molecule has 0 aromatic carbocycles. The molecule has 4 saturated carbocycles. The monoisotopic (exact) mass is 342 g/mol. The van der Waals surface area contributed by atoms with Crippen LogP contribution in [0.2, 0.25) is 0 Å². The molecule has 5 rings (SSSR count). The lowest BCUT2D eigenvalue weighted by molar-refractivity contribution is -0.128. The lowest BCUT2D eigenvalue weighted by atomic mass is 9.48. The van der Waals surface area contributed by atoms with Gasteiger partial charge in [-0.05, 0) is 80.8 Å². The molecule has 134 valence electrons. The van der Waals surface area contributed by atoms with Crippen LogP contribution in [0, 0.1) is 23.2 Å². The Morgan fingerprint density at radius 3 is 2.44 bits per heavy atom. The number of pyridine rings is 1. The van der Waals surface area contributed by atoms with Crippen molar-refractivity contribution < 1.29 is 14.3 Å². The summed E-state index contributed by atoms with van der Waals surface area (Å²) in [7, 11) is 0. The highest BCUT2D eigenvalue weighted by Gasteiger charge is 2.53. The first kappa shape index (κ1) is 16.6. The molecule has 0 unspecified atom stereocenters. The lowest BCUT2D eigenvalue weighted by Gasteiger charge is -2.59. The van der Waals surface area contributed by atoms with Gasteiger partial charge in [0.1, 0.15) is 0 Å². The van der Waals surface area contributed by atoms with E-state index < -0.39 is 5.97 Å². The molecule has 4 fully saturated rings. The van der Waals surface area contributed by atoms with Crippen LogP contribution < -0.4 is 5.32 Å². The van der Waals surface area contributed by atoms with E-state index in [0.29, 0.717) is 5.56 Å². The third kappa shape index (κ3) is 3.29. The zero-order valence-corrected chi connectivity index (χ0v) is 14.7. The minimum Gasteiger partial charge on any atom is -0.452 e. The molecule has 0 spiro atoms. The Balaban J connectivity index is 1.31. The van der Waals surface area contributed by atoms with Crippen molar-refractivity contribution in [2.24, 2.45) is 23.2 Å². The van der Waals surface area contributed by atoms with Crippen LogP contribution in [-0.4, -0.2) is 29.5 Å². The highest BCUT2D eigenvalue weighted by Crippen LogP contribution is 2.61. The Morgan fingerprint density at radius 1 is 1.24 bits per heavy atom. The van der Waals surface area contributed by atoms with Gasteiger partial charge < -0.3 is 10.1 Å². The fraction of sp³-hybridized carbons (Fsp3) is 0.650. The summed E-state index contributed by atoms with van der Waals surface area (Å²) in [6.07, 6.45) is 10.9. The molecule has 5 nitrogen and oxygen atoms in total. The molecule has 25 heavy (non-hydrogen) atoms. The standard InChI is InChI=1S/C20H26N2O3/c1-13(20-8-14-5-15(9-20)7-16(6-14)10-20)22-18(23)12-25-19(24)17-3-2-4-21-11-17/h2-4,11,13-16H,5-10,12H2,1H3,(H,22,23)/t13-,14?,15?,16?,20?/m1/s1. The van der Waals surface area contributed by atoms with Crippen molar-refractivity contribution in [3.8, 4) is 0 Å². The Morgan fingerprint density at radius 2 is 1.88 bits per heavy atom. The Hall–Kier alpha value is -1.91. The molecule has 0 aliphatic heterocycles. The number of carbonyl (C=O) groups is 2. The van der Waals surface area contributed by atoms with E-state index in [1.807, 2.05) is 0 Å². The summed E-state index contributed by atoms with van der Waals surface area (Å²) >= 11 is 0. The number of hydrogen-bond acceptors (Lipinski definition) is 4. The molecule has 0 saturated heterocycles. The van der Waals surface area contributed by atoms with Crippen LogP contribution in [0.15, 0.2) is 24.5 Å². The minimum absolute atomic E-state index is 0.144. The number of aromatic nitrogens is 1. The second-order valence-corrected chi connectivity index (χ2v) is 8.39. The summed E-state index contributed by atoms with van der Waals surface area (Å²) in [6, 6.07) is 3.45. The molecule has 1 aromatic heterocycles. The third-order valence-corrected chi connectivity index (χ3v) is 6.61. The van der Waals surface area contributed by atoms with E-state index in [2.05, 4.69) is 17.2 Å². The maximum Gasteiger partial charge on any atom is 0.340 e. The van der Waals surface area contributed by atoms with Gasteiger partial charge in [-0.1, -0.05) is 0 Å². The quantitative estimate of drug-likeness (QED) is 0.835. The molecule has 1 heterocycles. The van der Waals surface area contributed by atoms with Crippen molar-refractivity contribution in [1.82, 2.24) is 10.3 Å². The van der Waals surface area contributed by atoms with Crippen LogP contribution in [0.3, 0.4) is 0 Å². The minimum atomic E-state index is -0.509. The number of amides is 1. The maximum atomic E-state index is 12.3. The Bertz CT molecular complexity index is 623. The molecule has 1 N–H and O–H groups in total. The number of nitrogens with zero attached hydrogens (tertiary/aromatic N) is 1. The van der Waals surface area contributed by atoms with Gasteiger partial charge in [0, 0.05) is 18.4 Å². The molecule has 5 heteroatoms. The number of rotatable bonds is 5. The highest BCUT2D eigenvalue weighted by molar-refractivity contribution is 5.90. The van der Waals surface area contributed by atoms with Gasteiger partial charge >= 0.3 is 5.97 Å². The first-order valence-electron chi connectivity index (χ1n) is 9.40. The number of carbonyl (C=O) groups excluding carboxylic acids is 2. The largest absolute Gasteiger partial charge is 0.452 e. The van der Waals surface area contributed by atoms with Crippen molar-refractivity contribution in [3.63, 3.8) is 0 Å². The van der Waals surface area contributed by atoms with Gasteiger partial charge in [0.05, 0.1) is 5.56 Å². The Labute approximate surface area is 148 Å². The number of esters is 1. The molecular weight excluding hydrogens is 316 g/mol. The topological polar surface area (TPSA) is 68.3 Å². The molecule has 1 aromatic rings. The zero-order chi connectivity index (χ0) is 17.4. The normalized spacial score (nSPS) is 33.7. The fourth-order valence-corrected chi connectivity index (χ4v) is 5.84. The van der Waals surface area contributed by atoms with Crippen LogP contribution in [0.1, 0.15) is 55.8 Å². The first-order valence-corrected chi connectivity index (χ1v) is 9.40. The van der Waals surface area contributed by atoms with E-state index >= 15 is 0 Å². The van der Waals surface area contributed by atoms with Gasteiger partial charge in [-0.2, -0.15) is 0 Å². The van der Waals surface area contributed by atoms with Gasteiger partial charge in [0.25, 0.3) is 5.91 Å². The lowest BCUT2D eigenvalue weighted by Crippen LogP contribution is -2.56. The van der Waals surface area contributed by atoms with Gasteiger partial charge in [0.15, 0.2) is 6.61 Å². The van der Waals surface area contributed by atoms with Crippen LogP contribution in [0.5, 0.6) is 0 Å². The van der Waals surface area contributed by atoms with E-state index in [1.54, 1.807) is 18.3 Å². The molecule has 1 amide bonds. The molecule has 4 aliphatic carbocycles. The summed E-state index contributed by atoms with van der Waals surface area (Å²) in [5, 5.41) is 3.11. The van der Waals surface area contributed by atoms with E-state index in [9.17, 15) is 9.59 Å². The summed E-state index contributed by atoms with van der Waals surface area (Å²) in [5.74, 6) is 1.85. The third-order valence-electron chi connectivity index (χ3n) is 6.61. The molecule has 1 atom stereocenters. The zero-order valence-electron chi connectivity index (χ0n) is 14.7. The molecule has 0 radical (unpaired) electrons. The number of hydrogen-bond donors (Lipinski definition) is 1. The van der Waals surface area contributed by atoms with Crippen LogP contribution in [0.25, 0.3) is 0 Å². The van der Waals surface area contributed by atoms with Gasteiger partial charge in [-0.15, -0.1) is 0 Å². The van der Waals surface area contributed by atoms with Crippen LogP contribution >= 0.6 is 0 Å². The first-order chi connectivity index (χ1) is 12.0. The number of ether oxygens (including phenoxy) is 1. The average Bonchev–Trinajstić information content (AvgIpc) is 2.59. The summed E-state index contributed by atoms with van der Waals surface area (Å²) in [6.45, 7) is 1.90. The van der Waals surface area contributed by atoms with Crippen LogP contribution in [-0.2, 0) is 9.53 Å². The summed E-state index contributed by atoms with van der Waals surface area (Å²) in [4.78, 5) is 28.1. The second kappa shape index (κ2) is 6.43. The maximum absolute atomic E-state index is 12.3. The summed E-state index contributed by atoms with van der Waals surface area (Å²) < 4.78 is 5.12. The average molecular weight is 342 g/mol. The van der Waals surface area contributed by atoms with Crippen molar-refractivity contribution >= 4 is 11.9 Å². The van der Waals surface area contributed by atoms with Gasteiger partial charge in [-0.25, -0.2) is 4.79 Å². The van der Waals surface area contributed by atoms with Crippen LogP contribution in [0.4, 0.5) is 0 Å². The van der Waals surface area contributed by atoms with Gasteiger partial charge in [0.2, 0.25) is 0 Å². The molecule has 4 bridgehead atoms. The highest BCUT2D eigenvalue weighted by atomic mass is 16.5. The SMILES string of the molecule is C[C@@H](NC(=O)COC(=O)c1cccnc1)C12CC3CC(CC(C3)C1)C2. The van der Waals surface area contributed by atoms with Crippen molar-refractivity contribution in [3.05, 3.63) is 30.1 Å².